The van der Waals surface area contributed by atoms with Crippen LogP contribution in [0.5, 0.6) is 11.5 Å². The van der Waals surface area contributed by atoms with Crippen LogP contribution in [0.1, 0.15) is 42.7 Å². The number of nitrogens with zero attached hydrogens (tertiary/aromatic N) is 1. The number of pyridine rings is 1. The average molecular weight is 446 g/mol. The average Bonchev–Trinajstić information content (AvgIpc) is 2.79. The fourth-order valence-electron chi connectivity index (χ4n) is 3.10. The molecule has 0 spiro atoms. The van der Waals surface area contributed by atoms with E-state index in [4.69, 9.17) is 18.9 Å². The van der Waals surface area contributed by atoms with E-state index in [-0.39, 0.29) is 29.7 Å². The van der Waals surface area contributed by atoms with Crippen LogP contribution >= 0.6 is 0 Å². The number of hydrogen-bond acceptors (Lipinski definition) is 8. The van der Waals surface area contributed by atoms with Crippen LogP contribution < -0.4 is 4.74 Å². The normalized spacial score (nSPS) is 13.8. The molecule has 0 bridgehead atoms. The zero-order valence-corrected chi connectivity index (χ0v) is 18.9. The number of rotatable bonds is 13. The molecule has 8 nitrogen and oxygen atoms in total. The van der Waals surface area contributed by atoms with Crippen molar-refractivity contribution in [1.82, 2.24) is 4.98 Å². The third-order valence-corrected chi connectivity index (χ3v) is 5.00. The molecule has 0 saturated carbocycles. The second-order valence-corrected chi connectivity index (χ2v) is 7.50. The largest absolute Gasteiger partial charge is 0.503 e. The number of Topliss-reactive ketones (excluding diaryl/α,β-unsaturated/α-hetero) is 1. The number of aromatic hydroxyl groups is 1. The molecule has 0 aliphatic rings. The predicted molar refractivity (Wildman–Crippen MR) is 118 cm³/mol. The Kier molecular flexibility index (Phi) is 10.1. The van der Waals surface area contributed by atoms with E-state index in [1.807, 2.05) is 30.3 Å². The first kappa shape index (κ1) is 25.3. The van der Waals surface area contributed by atoms with Crippen molar-refractivity contribution in [1.29, 1.82) is 0 Å². The van der Waals surface area contributed by atoms with Gasteiger partial charge in [-0.3, -0.25) is 9.59 Å². The van der Waals surface area contributed by atoms with Crippen molar-refractivity contribution in [2.45, 2.75) is 45.5 Å². The molecule has 0 saturated heterocycles. The Balaban J connectivity index is 1.95. The summed E-state index contributed by atoms with van der Waals surface area (Å²) in [7, 11) is 2.98. The summed E-state index contributed by atoms with van der Waals surface area (Å²) in [5.74, 6) is -1.94. The van der Waals surface area contributed by atoms with Gasteiger partial charge in [-0.25, -0.2) is 4.98 Å². The third kappa shape index (κ3) is 7.32. The number of ketones is 1. The summed E-state index contributed by atoms with van der Waals surface area (Å²) in [5, 5.41) is 10.1. The quantitative estimate of drug-likeness (QED) is 0.369. The highest BCUT2D eigenvalue weighted by molar-refractivity contribution is 5.99. The molecule has 2 rings (SSSR count). The lowest BCUT2D eigenvalue weighted by Crippen LogP contribution is -2.34. The smallest absolute Gasteiger partial charge is 0.309 e. The minimum absolute atomic E-state index is 0.138. The maximum atomic E-state index is 12.6. The molecule has 1 heterocycles. The van der Waals surface area contributed by atoms with Gasteiger partial charge in [0.05, 0.1) is 25.7 Å². The van der Waals surface area contributed by atoms with Gasteiger partial charge in [0.1, 0.15) is 6.10 Å². The number of hydrogen-bond donors (Lipinski definition) is 1. The molecular weight excluding hydrogens is 414 g/mol. The van der Waals surface area contributed by atoms with Crippen LogP contribution in [0, 0.1) is 5.92 Å². The SMILES string of the molecule is COCC[C@@H](OCc1ccccc1)[C@H](C)OC(=O)[C@H](C)CC(=O)c1nccc(OC)c1O. The van der Waals surface area contributed by atoms with Crippen LogP contribution in [0.4, 0.5) is 0 Å². The lowest BCUT2D eigenvalue weighted by molar-refractivity contribution is -0.162. The highest BCUT2D eigenvalue weighted by atomic mass is 16.6. The van der Waals surface area contributed by atoms with E-state index in [0.29, 0.717) is 19.6 Å². The molecule has 0 aliphatic heterocycles. The van der Waals surface area contributed by atoms with Crippen molar-refractivity contribution < 1.29 is 33.6 Å². The van der Waals surface area contributed by atoms with E-state index in [9.17, 15) is 14.7 Å². The van der Waals surface area contributed by atoms with Crippen molar-refractivity contribution in [3.05, 3.63) is 53.9 Å². The molecule has 32 heavy (non-hydrogen) atoms. The Morgan fingerprint density at radius 2 is 1.81 bits per heavy atom. The minimum atomic E-state index is -0.727. The van der Waals surface area contributed by atoms with Gasteiger partial charge in [0.2, 0.25) is 0 Å². The number of benzene rings is 1. The summed E-state index contributed by atoms with van der Waals surface area (Å²) in [6.45, 7) is 4.19. The zero-order valence-electron chi connectivity index (χ0n) is 18.9. The molecule has 1 aromatic carbocycles. The fraction of sp³-hybridized carbons (Fsp3) is 0.458. The highest BCUT2D eigenvalue weighted by Gasteiger charge is 2.27. The second kappa shape index (κ2) is 12.8. The molecule has 2 aromatic rings. The number of carbonyl (C=O) groups excluding carboxylic acids is 2. The summed E-state index contributed by atoms with van der Waals surface area (Å²) in [5.41, 5.74) is 0.874. The van der Waals surface area contributed by atoms with Gasteiger partial charge in [-0.1, -0.05) is 37.3 Å². The lowest BCUT2D eigenvalue weighted by Gasteiger charge is -2.25. The van der Waals surface area contributed by atoms with Crippen LogP contribution in [0.15, 0.2) is 42.6 Å². The Hall–Kier alpha value is -2.97. The number of esters is 1. The zero-order chi connectivity index (χ0) is 23.5. The van der Waals surface area contributed by atoms with Gasteiger partial charge in [-0.2, -0.15) is 0 Å². The van der Waals surface area contributed by atoms with E-state index >= 15 is 0 Å². The molecule has 3 atom stereocenters. The Morgan fingerprint density at radius 1 is 1.09 bits per heavy atom. The highest BCUT2D eigenvalue weighted by Crippen LogP contribution is 2.29. The molecular formula is C24H31NO7. The molecule has 1 N–H and O–H groups in total. The molecule has 0 fully saturated rings. The Bertz CT molecular complexity index is 872. The second-order valence-electron chi connectivity index (χ2n) is 7.50. The molecule has 0 radical (unpaired) electrons. The number of ether oxygens (including phenoxy) is 4. The van der Waals surface area contributed by atoms with Gasteiger partial charge in [-0.15, -0.1) is 0 Å². The molecule has 0 aliphatic carbocycles. The summed E-state index contributed by atoms with van der Waals surface area (Å²) in [6, 6.07) is 11.2. The molecule has 0 unspecified atom stereocenters. The maximum Gasteiger partial charge on any atom is 0.309 e. The van der Waals surface area contributed by atoms with Gasteiger partial charge in [0.25, 0.3) is 0 Å². The van der Waals surface area contributed by atoms with Crippen molar-refractivity contribution in [2.24, 2.45) is 5.92 Å². The van der Waals surface area contributed by atoms with Crippen molar-refractivity contribution in [3.63, 3.8) is 0 Å². The van der Waals surface area contributed by atoms with Crippen LogP contribution in [-0.2, 0) is 25.6 Å². The first-order chi connectivity index (χ1) is 15.4. The van der Waals surface area contributed by atoms with Crippen LogP contribution in [0.2, 0.25) is 0 Å². The summed E-state index contributed by atoms with van der Waals surface area (Å²) >= 11 is 0. The number of aromatic nitrogens is 1. The number of carbonyl (C=O) groups is 2. The first-order valence-electron chi connectivity index (χ1n) is 10.5. The minimum Gasteiger partial charge on any atom is -0.503 e. The van der Waals surface area contributed by atoms with Crippen LogP contribution in [0.25, 0.3) is 0 Å². The Morgan fingerprint density at radius 3 is 2.47 bits per heavy atom. The van der Waals surface area contributed by atoms with Crippen LogP contribution in [0.3, 0.4) is 0 Å². The monoisotopic (exact) mass is 445 g/mol. The van der Waals surface area contributed by atoms with Gasteiger partial charge in [0, 0.05) is 38.8 Å². The maximum absolute atomic E-state index is 12.6. The predicted octanol–water partition coefficient (Wildman–Crippen LogP) is 3.56. The van der Waals surface area contributed by atoms with Crippen molar-refractivity contribution >= 4 is 11.8 Å². The van der Waals surface area contributed by atoms with Crippen LogP contribution in [-0.4, -0.2) is 54.9 Å². The Labute approximate surface area is 188 Å². The molecule has 1 aromatic heterocycles. The standard InChI is InChI=1S/C24H31NO7/c1-16(14-19(26)22-23(27)21(30-4)10-12-25-22)24(28)32-17(2)20(11-13-29-3)31-15-18-8-6-5-7-9-18/h5-10,12,16-17,20,27H,11,13-15H2,1-4H3/t16-,17+,20-/m1/s1. The van der Waals surface area contributed by atoms with E-state index in [1.54, 1.807) is 21.0 Å². The van der Waals surface area contributed by atoms with Gasteiger partial charge in [-0.05, 0) is 12.5 Å². The number of methoxy groups -OCH3 is 2. The molecule has 174 valence electrons. The fourth-order valence-corrected chi connectivity index (χ4v) is 3.10. The summed E-state index contributed by atoms with van der Waals surface area (Å²) in [6.07, 6.45) is 0.842. The first-order valence-corrected chi connectivity index (χ1v) is 10.5. The van der Waals surface area contributed by atoms with Gasteiger partial charge >= 0.3 is 5.97 Å². The summed E-state index contributed by atoms with van der Waals surface area (Å²) in [4.78, 5) is 29.1. The van der Waals surface area contributed by atoms with E-state index < -0.39 is 23.8 Å². The lowest BCUT2D eigenvalue weighted by atomic mass is 10.0. The third-order valence-electron chi connectivity index (χ3n) is 5.00. The topological polar surface area (TPSA) is 104 Å². The van der Waals surface area contributed by atoms with Crippen molar-refractivity contribution in [2.75, 3.05) is 20.8 Å². The van der Waals surface area contributed by atoms with Crippen molar-refractivity contribution in [3.8, 4) is 11.5 Å². The van der Waals surface area contributed by atoms with Gasteiger partial charge < -0.3 is 24.1 Å². The van der Waals surface area contributed by atoms with E-state index in [1.165, 1.54) is 19.4 Å². The van der Waals surface area contributed by atoms with E-state index in [2.05, 4.69) is 4.98 Å². The van der Waals surface area contributed by atoms with Gasteiger partial charge in [0.15, 0.2) is 23.0 Å². The molecule has 8 heteroatoms. The molecule has 0 amide bonds. The van der Waals surface area contributed by atoms with E-state index in [0.717, 1.165) is 5.56 Å². The summed E-state index contributed by atoms with van der Waals surface area (Å²) < 4.78 is 21.7.